The molecule has 0 radical (unpaired) electrons. The lowest BCUT2D eigenvalue weighted by atomic mass is 10.1. The lowest BCUT2D eigenvalue weighted by Crippen LogP contribution is -2.02. The molecule has 0 spiro atoms. The van der Waals surface area contributed by atoms with Gasteiger partial charge in [0.1, 0.15) is 12.1 Å². The Kier molecular flexibility index (Phi) is 2.85. The second-order valence-corrected chi connectivity index (χ2v) is 4.74. The minimum absolute atomic E-state index is 0.236. The second-order valence-electron chi connectivity index (χ2n) is 3.34. The van der Waals surface area contributed by atoms with Crippen LogP contribution in [0.4, 0.5) is 4.39 Å². The number of aldehydes is 1. The van der Waals surface area contributed by atoms with E-state index in [0.717, 1.165) is 16.7 Å². The summed E-state index contributed by atoms with van der Waals surface area (Å²) in [4.78, 5) is 11.5. The average molecular weight is 243 g/mol. The number of halogens is 2. The average Bonchev–Trinajstić information content (AvgIpc) is 2.22. The van der Waals surface area contributed by atoms with E-state index >= 15 is 0 Å². The number of thioether (sulfide) groups is 1. The smallest absolute Gasteiger partial charge is 0.148 e. The highest BCUT2D eigenvalue weighted by atomic mass is 35.5. The molecule has 15 heavy (non-hydrogen) atoms. The number of hydrogen-bond donors (Lipinski definition) is 0. The predicted molar refractivity (Wildman–Crippen MR) is 60.7 cm³/mol. The van der Waals surface area contributed by atoms with E-state index in [1.165, 1.54) is 17.8 Å². The Balaban J connectivity index is 2.63. The molecule has 0 fully saturated rings. The Hall–Kier alpha value is -0.800. The first-order chi connectivity index (χ1) is 7.13. The van der Waals surface area contributed by atoms with Crippen molar-refractivity contribution in [1.29, 1.82) is 0 Å². The normalized spacial score (nSPS) is 15.1. The Morgan fingerprint density at radius 3 is 2.93 bits per heavy atom. The van der Waals surface area contributed by atoms with E-state index in [1.807, 2.05) is 0 Å². The van der Waals surface area contributed by atoms with Crippen molar-refractivity contribution in [3.63, 3.8) is 0 Å². The summed E-state index contributed by atoms with van der Waals surface area (Å²) in [7, 11) is 0. The summed E-state index contributed by atoms with van der Waals surface area (Å²) in [6, 6.07) is 3.15. The fraction of sp³-hybridized carbons (Fsp3) is 0.182. The van der Waals surface area contributed by atoms with Gasteiger partial charge >= 0.3 is 0 Å². The Bertz CT molecular complexity index is 468. The predicted octanol–water partition coefficient (Wildman–Crippen LogP) is 3.39. The first-order valence-electron chi connectivity index (χ1n) is 4.40. The number of carbonyl (C=O) groups excluding carboxylic acids is 1. The first-order valence-corrected chi connectivity index (χ1v) is 5.77. The van der Waals surface area contributed by atoms with Crippen molar-refractivity contribution in [3.05, 3.63) is 34.6 Å². The maximum absolute atomic E-state index is 13.3. The maximum Gasteiger partial charge on any atom is 0.148 e. The highest BCUT2D eigenvalue weighted by molar-refractivity contribution is 7.99. The quantitative estimate of drug-likeness (QED) is 0.703. The highest BCUT2D eigenvalue weighted by Gasteiger charge is 2.19. The first kappa shape index (κ1) is 10.7. The fourth-order valence-corrected chi connectivity index (χ4v) is 2.86. The molecule has 4 heteroatoms. The Morgan fingerprint density at radius 2 is 2.27 bits per heavy atom. The zero-order chi connectivity index (χ0) is 11.0. The molecule has 0 saturated carbocycles. The summed E-state index contributed by atoms with van der Waals surface area (Å²) in [5.41, 5.74) is 1.87. The Labute approximate surface area is 96.3 Å². The third kappa shape index (κ3) is 1.82. The van der Waals surface area contributed by atoms with E-state index in [0.29, 0.717) is 21.9 Å². The van der Waals surface area contributed by atoms with E-state index in [9.17, 15) is 9.18 Å². The molecule has 0 unspecified atom stereocenters. The van der Waals surface area contributed by atoms with Crippen molar-refractivity contribution in [3.8, 4) is 0 Å². The van der Waals surface area contributed by atoms with Crippen molar-refractivity contribution >= 4 is 34.7 Å². The van der Waals surface area contributed by atoms with E-state index in [1.54, 1.807) is 13.0 Å². The van der Waals surface area contributed by atoms with Crippen LogP contribution in [0.15, 0.2) is 22.6 Å². The Morgan fingerprint density at radius 1 is 1.53 bits per heavy atom. The zero-order valence-corrected chi connectivity index (χ0v) is 9.58. The number of fused-ring (bicyclic) bond motifs is 1. The SMILES string of the molecule is Cc1cc2c(cc1F)SCC(C=O)=C2Cl. The van der Waals surface area contributed by atoms with Crippen LogP contribution in [-0.2, 0) is 4.79 Å². The van der Waals surface area contributed by atoms with Crippen molar-refractivity contribution in [2.24, 2.45) is 0 Å². The summed E-state index contributed by atoms with van der Waals surface area (Å²) in [6.07, 6.45) is 0.761. The molecule has 0 amide bonds. The molecular weight excluding hydrogens is 235 g/mol. The van der Waals surface area contributed by atoms with Crippen LogP contribution in [0, 0.1) is 12.7 Å². The molecule has 1 nitrogen and oxygen atoms in total. The number of rotatable bonds is 1. The summed E-state index contributed by atoms with van der Waals surface area (Å²) in [5, 5.41) is 0.446. The molecule has 1 heterocycles. The van der Waals surface area contributed by atoms with Gasteiger partial charge in [0.25, 0.3) is 0 Å². The molecule has 78 valence electrons. The van der Waals surface area contributed by atoms with Gasteiger partial charge in [-0.15, -0.1) is 11.8 Å². The minimum Gasteiger partial charge on any atom is -0.298 e. The van der Waals surface area contributed by atoms with Gasteiger partial charge in [-0.2, -0.15) is 0 Å². The van der Waals surface area contributed by atoms with Crippen LogP contribution >= 0.6 is 23.4 Å². The lowest BCUT2D eigenvalue weighted by molar-refractivity contribution is -0.104. The van der Waals surface area contributed by atoms with Crippen LogP contribution in [0.1, 0.15) is 11.1 Å². The molecule has 1 aromatic carbocycles. The van der Waals surface area contributed by atoms with Gasteiger partial charge in [0.05, 0.1) is 5.03 Å². The van der Waals surface area contributed by atoms with Crippen LogP contribution < -0.4 is 0 Å². The minimum atomic E-state index is -0.236. The molecule has 0 aromatic heterocycles. The zero-order valence-electron chi connectivity index (χ0n) is 8.01. The topological polar surface area (TPSA) is 17.1 Å². The molecule has 0 aliphatic carbocycles. The molecule has 0 bridgehead atoms. The molecule has 1 aromatic rings. The van der Waals surface area contributed by atoms with Crippen molar-refractivity contribution in [1.82, 2.24) is 0 Å². The van der Waals surface area contributed by atoms with Gasteiger partial charge in [0.15, 0.2) is 0 Å². The highest BCUT2D eigenvalue weighted by Crippen LogP contribution is 2.39. The van der Waals surface area contributed by atoms with E-state index in [2.05, 4.69) is 0 Å². The van der Waals surface area contributed by atoms with Crippen molar-refractivity contribution in [2.45, 2.75) is 11.8 Å². The molecular formula is C11H8ClFOS. The number of aryl methyl sites for hydroxylation is 1. The molecule has 0 atom stereocenters. The van der Waals surface area contributed by atoms with Gasteiger partial charge in [-0.1, -0.05) is 11.6 Å². The third-order valence-electron chi connectivity index (χ3n) is 2.30. The van der Waals surface area contributed by atoms with Crippen LogP contribution in [0.5, 0.6) is 0 Å². The third-order valence-corrected chi connectivity index (χ3v) is 3.86. The molecule has 0 saturated heterocycles. The molecule has 0 N–H and O–H groups in total. The van der Waals surface area contributed by atoms with Gasteiger partial charge in [0, 0.05) is 21.8 Å². The van der Waals surface area contributed by atoms with E-state index in [4.69, 9.17) is 11.6 Å². The summed E-state index contributed by atoms with van der Waals surface area (Å²) in [5.74, 6) is 0.276. The van der Waals surface area contributed by atoms with Crippen molar-refractivity contribution < 1.29 is 9.18 Å². The van der Waals surface area contributed by atoms with Crippen LogP contribution in [0.3, 0.4) is 0 Å². The van der Waals surface area contributed by atoms with Crippen LogP contribution in [0.25, 0.3) is 5.03 Å². The van der Waals surface area contributed by atoms with Crippen LogP contribution in [-0.4, -0.2) is 12.0 Å². The number of benzene rings is 1. The van der Waals surface area contributed by atoms with E-state index in [-0.39, 0.29) is 5.82 Å². The number of carbonyl (C=O) groups is 1. The molecule has 1 aliphatic heterocycles. The van der Waals surface area contributed by atoms with Gasteiger partial charge in [-0.3, -0.25) is 4.79 Å². The fourth-order valence-electron chi connectivity index (χ4n) is 1.43. The second kappa shape index (κ2) is 3.99. The van der Waals surface area contributed by atoms with Gasteiger partial charge in [0.2, 0.25) is 0 Å². The summed E-state index contributed by atoms with van der Waals surface area (Å²) >= 11 is 7.48. The van der Waals surface area contributed by atoms with Crippen LogP contribution in [0.2, 0.25) is 0 Å². The summed E-state index contributed by atoms with van der Waals surface area (Å²) in [6.45, 7) is 1.68. The van der Waals surface area contributed by atoms with Gasteiger partial charge < -0.3 is 0 Å². The molecule has 2 rings (SSSR count). The van der Waals surface area contributed by atoms with E-state index < -0.39 is 0 Å². The molecule has 1 aliphatic rings. The number of hydrogen-bond acceptors (Lipinski definition) is 2. The van der Waals surface area contributed by atoms with Gasteiger partial charge in [-0.25, -0.2) is 4.39 Å². The monoisotopic (exact) mass is 242 g/mol. The van der Waals surface area contributed by atoms with Gasteiger partial charge in [-0.05, 0) is 24.6 Å². The largest absolute Gasteiger partial charge is 0.298 e. The summed E-state index contributed by atoms with van der Waals surface area (Å²) < 4.78 is 13.3. The van der Waals surface area contributed by atoms with Crippen molar-refractivity contribution in [2.75, 3.05) is 5.75 Å². The maximum atomic E-state index is 13.3. The standard InChI is InChI=1S/C11H8ClFOS/c1-6-2-8-10(3-9(6)13)15-5-7(4-14)11(8)12/h2-4H,5H2,1H3. The lowest BCUT2D eigenvalue weighted by Gasteiger charge is -2.17.